The van der Waals surface area contributed by atoms with Gasteiger partial charge in [0.2, 0.25) is 0 Å². The number of benzene rings is 1. The van der Waals surface area contributed by atoms with E-state index >= 15 is 0 Å². The number of likely N-dealkylation sites (tertiary alicyclic amines) is 1. The lowest BCUT2D eigenvalue weighted by Crippen LogP contribution is -2.47. The first-order valence-corrected chi connectivity index (χ1v) is 12.0. The van der Waals surface area contributed by atoms with E-state index in [0.717, 1.165) is 16.2 Å². The van der Waals surface area contributed by atoms with Crippen molar-refractivity contribution in [1.82, 2.24) is 9.88 Å². The number of aromatic nitrogens is 1. The Bertz CT molecular complexity index is 1350. The molecule has 0 aliphatic carbocycles. The number of nitriles is 1. The van der Waals surface area contributed by atoms with E-state index in [2.05, 4.69) is 16.4 Å². The lowest BCUT2D eigenvalue weighted by Gasteiger charge is -2.43. The quantitative estimate of drug-likeness (QED) is 0.551. The van der Waals surface area contributed by atoms with Crippen LogP contribution in [0.1, 0.15) is 45.5 Å². The molecule has 8 nitrogen and oxygen atoms in total. The zero-order chi connectivity index (χ0) is 23.2. The van der Waals surface area contributed by atoms with Crippen molar-refractivity contribution in [3.8, 4) is 6.07 Å². The highest BCUT2D eigenvalue weighted by atomic mass is 32.2. The van der Waals surface area contributed by atoms with Gasteiger partial charge in [0.1, 0.15) is 9.83 Å². The largest absolute Gasteiger partial charge is 0.465 e. The molecule has 5 rings (SSSR count). The van der Waals surface area contributed by atoms with Gasteiger partial charge in [-0.15, -0.1) is 11.8 Å². The first-order chi connectivity index (χ1) is 15.9. The zero-order valence-electron chi connectivity index (χ0n) is 17.3. The van der Waals surface area contributed by atoms with Gasteiger partial charge < -0.3 is 10.0 Å². The molecule has 33 heavy (non-hydrogen) atoms. The van der Waals surface area contributed by atoms with Crippen molar-refractivity contribution in [2.24, 2.45) is 0 Å². The van der Waals surface area contributed by atoms with Gasteiger partial charge in [0.15, 0.2) is 5.78 Å². The lowest BCUT2D eigenvalue weighted by molar-refractivity contribution is 0.0699. The summed E-state index contributed by atoms with van der Waals surface area (Å²) in [6.45, 7) is 0.934. The minimum Gasteiger partial charge on any atom is -0.465 e. The predicted octanol–water partition coefficient (Wildman–Crippen LogP) is 4.61. The monoisotopic (exact) mass is 478 g/mol. The van der Waals surface area contributed by atoms with Gasteiger partial charge >= 0.3 is 6.09 Å². The molecular weight excluding hydrogens is 460 g/mol. The molecule has 3 aromatic rings. The van der Waals surface area contributed by atoms with Gasteiger partial charge in [0.25, 0.3) is 5.91 Å². The molecule has 2 N–H and O–H groups in total. The molecule has 0 radical (unpaired) electrons. The van der Waals surface area contributed by atoms with Gasteiger partial charge in [-0.2, -0.15) is 5.26 Å². The minimum absolute atomic E-state index is 0.0310. The number of carboxylic acid groups (broad SMARTS) is 1. The number of pyridine rings is 1. The van der Waals surface area contributed by atoms with Crippen LogP contribution in [0.2, 0.25) is 0 Å². The highest BCUT2D eigenvalue weighted by Gasteiger charge is 2.43. The Morgan fingerprint density at radius 3 is 2.76 bits per heavy atom. The average Bonchev–Trinajstić information content (AvgIpc) is 3.16. The number of rotatable bonds is 2. The molecule has 4 heterocycles. The number of ketones is 1. The van der Waals surface area contributed by atoms with Crippen molar-refractivity contribution in [2.75, 3.05) is 18.4 Å². The van der Waals surface area contributed by atoms with Gasteiger partial charge in [-0.25, -0.2) is 9.78 Å². The number of carbonyl (C=O) groups is 3. The van der Waals surface area contributed by atoms with Crippen LogP contribution < -0.4 is 5.32 Å². The second-order valence-electron chi connectivity index (χ2n) is 8.09. The summed E-state index contributed by atoms with van der Waals surface area (Å²) < 4.78 is -0.282. The maximum Gasteiger partial charge on any atom is 0.409 e. The molecule has 0 saturated carbocycles. The van der Waals surface area contributed by atoms with E-state index < -0.39 is 6.09 Å². The van der Waals surface area contributed by atoms with Crippen LogP contribution in [0, 0.1) is 11.3 Å². The number of thiophene rings is 1. The fourth-order valence-corrected chi connectivity index (χ4v) is 6.95. The van der Waals surface area contributed by atoms with E-state index in [9.17, 15) is 19.5 Å². The normalized spacial score (nSPS) is 16.9. The number of hydrogen-bond donors (Lipinski definition) is 2. The number of amides is 2. The molecule has 2 aliphatic heterocycles. The summed E-state index contributed by atoms with van der Waals surface area (Å²) in [5.74, 6) is -0.206. The van der Waals surface area contributed by atoms with Gasteiger partial charge in [0, 0.05) is 46.3 Å². The fourth-order valence-electron chi connectivity index (χ4n) is 4.45. The van der Waals surface area contributed by atoms with Crippen LogP contribution >= 0.6 is 23.1 Å². The van der Waals surface area contributed by atoms with Crippen molar-refractivity contribution >= 4 is 56.1 Å². The maximum absolute atomic E-state index is 13.4. The molecule has 1 fully saturated rings. The number of Topliss-reactive ketones (excluding diaryl/α,β-unsaturated/α-hetero) is 1. The number of carbonyl (C=O) groups excluding carboxylic acids is 2. The maximum atomic E-state index is 13.4. The van der Waals surface area contributed by atoms with Gasteiger partial charge in [-0.3, -0.25) is 14.9 Å². The van der Waals surface area contributed by atoms with Crippen LogP contribution in [0.4, 0.5) is 9.80 Å². The van der Waals surface area contributed by atoms with Crippen LogP contribution in [-0.4, -0.2) is 50.6 Å². The number of nitrogens with zero attached hydrogens (tertiary/aromatic N) is 3. The van der Waals surface area contributed by atoms with Gasteiger partial charge in [0.05, 0.1) is 17.2 Å². The third-order valence-corrected chi connectivity index (χ3v) is 8.67. The summed E-state index contributed by atoms with van der Waals surface area (Å²) in [5, 5.41) is 21.6. The standard InChI is InChI=1S/C23H18N4O4S2/c24-12-13-3-4-17-15(10-13)16(28)11-23(33-17)5-8-27(9-6-23)21(29)18-14-2-1-7-25-19(14)32-20(18)26-22(30)31/h1-4,7,10,26H,5-6,8-9,11H2,(H,30,31). The van der Waals surface area contributed by atoms with E-state index in [1.165, 1.54) is 0 Å². The Kier molecular flexibility index (Phi) is 5.31. The van der Waals surface area contributed by atoms with E-state index in [-0.39, 0.29) is 21.4 Å². The smallest absolute Gasteiger partial charge is 0.409 e. The van der Waals surface area contributed by atoms with Crippen molar-refractivity contribution in [3.63, 3.8) is 0 Å². The Morgan fingerprint density at radius 2 is 2.03 bits per heavy atom. The summed E-state index contributed by atoms with van der Waals surface area (Å²) >= 11 is 2.80. The first-order valence-electron chi connectivity index (χ1n) is 10.3. The summed E-state index contributed by atoms with van der Waals surface area (Å²) in [7, 11) is 0. The van der Waals surface area contributed by atoms with E-state index in [0.29, 0.717) is 59.3 Å². The van der Waals surface area contributed by atoms with Crippen LogP contribution in [0.15, 0.2) is 41.4 Å². The van der Waals surface area contributed by atoms with Crippen LogP contribution in [0.5, 0.6) is 0 Å². The molecule has 2 aromatic heterocycles. The Balaban J connectivity index is 1.38. The molecular formula is C23H18N4O4S2. The topological polar surface area (TPSA) is 123 Å². The summed E-state index contributed by atoms with van der Waals surface area (Å²) in [6.07, 6.45) is 2.05. The summed E-state index contributed by atoms with van der Waals surface area (Å²) in [6, 6.07) is 10.8. The molecule has 166 valence electrons. The number of thioether (sulfide) groups is 1. The first kappa shape index (κ1) is 21.4. The minimum atomic E-state index is -1.23. The molecule has 2 aliphatic rings. The van der Waals surface area contributed by atoms with Gasteiger partial charge in [-0.1, -0.05) is 11.3 Å². The molecule has 10 heteroatoms. The summed E-state index contributed by atoms with van der Waals surface area (Å²) in [4.78, 5) is 45.0. The Morgan fingerprint density at radius 1 is 1.24 bits per heavy atom. The number of nitrogens with one attached hydrogen (secondary N) is 1. The molecule has 1 aromatic carbocycles. The summed E-state index contributed by atoms with van der Waals surface area (Å²) in [5.41, 5.74) is 1.40. The number of fused-ring (bicyclic) bond motifs is 2. The van der Waals surface area contributed by atoms with Crippen molar-refractivity contribution in [1.29, 1.82) is 5.26 Å². The van der Waals surface area contributed by atoms with Crippen LogP contribution in [-0.2, 0) is 0 Å². The number of piperidine rings is 1. The number of hydrogen-bond acceptors (Lipinski definition) is 7. The Labute approximate surface area is 197 Å². The van der Waals surface area contributed by atoms with Crippen LogP contribution in [0.3, 0.4) is 0 Å². The zero-order valence-corrected chi connectivity index (χ0v) is 19.0. The predicted molar refractivity (Wildman–Crippen MR) is 125 cm³/mol. The molecule has 2 amide bonds. The highest BCUT2D eigenvalue weighted by molar-refractivity contribution is 8.01. The van der Waals surface area contributed by atoms with Crippen molar-refractivity contribution < 1.29 is 19.5 Å². The molecule has 1 saturated heterocycles. The van der Waals surface area contributed by atoms with E-state index in [1.807, 2.05) is 6.07 Å². The molecule has 1 spiro atoms. The van der Waals surface area contributed by atoms with Crippen molar-refractivity contribution in [2.45, 2.75) is 28.9 Å². The Hall–Kier alpha value is -3.42. The molecule has 0 atom stereocenters. The van der Waals surface area contributed by atoms with Crippen molar-refractivity contribution in [3.05, 3.63) is 53.2 Å². The fraction of sp³-hybridized carbons (Fsp3) is 0.261. The molecule has 0 bridgehead atoms. The lowest BCUT2D eigenvalue weighted by atomic mass is 9.87. The second-order valence-corrected chi connectivity index (χ2v) is 10.6. The molecule has 0 unspecified atom stereocenters. The second kappa shape index (κ2) is 8.17. The van der Waals surface area contributed by atoms with Gasteiger partial charge in [-0.05, 0) is 43.2 Å². The third kappa shape index (κ3) is 3.83. The average molecular weight is 479 g/mol. The SMILES string of the molecule is N#Cc1ccc2c(c1)C(=O)CC1(CCN(C(=O)c3c(NC(=O)O)sc4ncccc34)CC1)S2. The van der Waals surface area contributed by atoms with E-state index in [1.54, 1.807) is 47.1 Å². The third-order valence-electron chi connectivity index (χ3n) is 6.08. The van der Waals surface area contributed by atoms with Crippen LogP contribution in [0.25, 0.3) is 10.2 Å². The highest BCUT2D eigenvalue weighted by Crippen LogP contribution is 2.49. The van der Waals surface area contributed by atoms with E-state index in [4.69, 9.17) is 5.26 Å². The number of anilines is 1.